The SMILES string of the molecule is CSCC[C@@H](NC(=O)OCC1c2ccccc2-c2ccccc21)C(=O)N1CCC(C)C1C(=O)O. The van der Waals surface area contributed by atoms with Crippen molar-refractivity contribution in [2.75, 3.05) is 25.2 Å². The largest absolute Gasteiger partial charge is 0.480 e. The van der Waals surface area contributed by atoms with Crippen LogP contribution in [-0.4, -0.2) is 65.2 Å². The average molecular weight is 483 g/mol. The van der Waals surface area contributed by atoms with Crippen LogP contribution in [-0.2, 0) is 14.3 Å². The zero-order valence-electron chi connectivity index (χ0n) is 19.4. The van der Waals surface area contributed by atoms with Crippen molar-refractivity contribution in [3.05, 3.63) is 59.7 Å². The predicted molar refractivity (Wildman–Crippen MR) is 132 cm³/mol. The normalized spacial score (nSPS) is 19.9. The summed E-state index contributed by atoms with van der Waals surface area (Å²) in [5, 5.41) is 12.3. The molecule has 2 amide bonds. The van der Waals surface area contributed by atoms with Gasteiger partial charge >= 0.3 is 12.1 Å². The molecule has 0 aromatic heterocycles. The van der Waals surface area contributed by atoms with Crippen molar-refractivity contribution in [2.24, 2.45) is 5.92 Å². The molecule has 0 saturated carbocycles. The second kappa shape index (κ2) is 10.5. The Labute approximate surface area is 203 Å². The van der Waals surface area contributed by atoms with Gasteiger partial charge in [0.1, 0.15) is 18.7 Å². The molecule has 4 rings (SSSR count). The molecule has 0 spiro atoms. The van der Waals surface area contributed by atoms with Gasteiger partial charge < -0.3 is 20.1 Å². The lowest BCUT2D eigenvalue weighted by Gasteiger charge is -2.28. The molecule has 2 aliphatic rings. The number of ether oxygens (including phenoxy) is 1. The van der Waals surface area contributed by atoms with Crippen molar-refractivity contribution in [1.82, 2.24) is 10.2 Å². The first-order valence-electron chi connectivity index (χ1n) is 11.6. The van der Waals surface area contributed by atoms with Crippen LogP contribution in [0.25, 0.3) is 11.1 Å². The molecule has 3 atom stereocenters. The molecule has 1 aliphatic heterocycles. The van der Waals surface area contributed by atoms with Crippen molar-refractivity contribution in [3.8, 4) is 11.1 Å². The van der Waals surface area contributed by atoms with Crippen LogP contribution in [0, 0.1) is 5.92 Å². The Morgan fingerprint density at radius 1 is 1.12 bits per heavy atom. The van der Waals surface area contributed by atoms with Crippen molar-refractivity contribution in [1.29, 1.82) is 0 Å². The molecule has 1 fully saturated rings. The molecule has 8 heteroatoms. The van der Waals surface area contributed by atoms with E-state index in [0.717, 1.165) is 22.3 Å². The van der Waals surface area contributed by atoms with E-state index in [4.69, 9.17) is 4.74 Å². The second-order valence-electron chi connectivity index (χ2n) is 8.88. The number of hydrogen-bond donors (Lipinski definition) is 2. The first-order valence-corrected chi connectivity index (χ1v) is 13.0. The topological polar surface area (TPSA) is 95.9 Å². The minimum atomic E-state index is -1.01. The second-order valence-corrected chi connectivity index (χ2v) is 9.87. The number of amides is 2. The molecule has 34 heavy (non-hydrogen) atoms. The number of nitrogens with one attached hydrogen (secondary N) is 1. The highest BCUT2D eigenvalue weighted by atomic mass is 32.2. The molecule has 7 nitrogen and oxygen atoms in total. The molecular weight excluding hydrogens is 452 g/mol. The summed E-state index contributed by atoms with van der Waals surface area (Å²) < 4.78 is 5.61. The molecular formula is C26H30N2O5S. The fraction of sp³-hybridized carbons (Fsp3) is 0.423. The number of carboxylic acids is 1. The maximum atomic E-state index is 13.2. The quantitative estimate of drug-likeness (QED) is 0.591. The number of carbonyl (C=O) groups excluding carboxylic acids is 2. The Morgan fingerprint density at radius 3 is 2.32 bits per heavy atom. The van der Waals surface area contributed by atoms with E-state index in [1.54, 1.807) is 11.8 Å². The number of nitrogens with zero attached hydrogens (tertiary/aromatic N) is 1. The van der Waals surface area contributed by atoms with Gasteiger partial charge in [0.2, 0.25) is 5.91 Å². The minimum absolute atomic E-state index is 0.0747. The van der Waals surface area contributed by atoms with Crippen molar-refractivity contribution in [3.63, 3.8) is 0 Å². The first-order chi connectivity index (χ1) is 16.4. The van der Waals surface area contributed by atoms with E-state index in [-0.39, 0.29) is 24.3 Å². The van der Waals surface area contributed by atoms with E-state index in [2.05, 4.69) is 17.4 Å². The van der Waals surface area contributed by atoms with Crippen LogP contribution >= 0.6 is 11.8 Å². The molecule has 1 heterocycles. The molecule has 2 aromatic rings. The summed E-state index contributed by atoms with van der Waals surface area (Å²) >= 11 is 1.56. The zero-order chi connectivity index (χ0) is 24.2. The van der Waals surface area contributed by atoms with Gasteiger partial charge in [-0.2, -0.15) is 11.8 Å². The van der Waals surface area contributed by atoms with Gasteiger partial charge in [-0.05, 0) is 53.0 Å². The van der Waals surface area contributed by atoms with Crippen LogP contribution in [0.15, 0.2) is 48.5 Å². The number of fused-ring (bicyclic) bond motifs is 3. The van der Waals surface area contributed by atoms with Crippen LogP contribution in [0.2, 0.25) is 0 Å². The number of hydrogen-bond acceptors (Lipinski definition) is 5. The monoisotopic (exact) mass is 482 g/mol. The van der Waals surface area contributed by atoms with Gasteiger partial charge in [0.05, 0.1) is 0 Å². The molecule has 2 unspecified atom stereocenters. The van der Waals surface area contributed by atoms with Gasteiger partial charge in [0.25, 0.3) is 0 Å². The fourth-order valence-electron chi connectivity index (χ4n) is 5.05. The van der Waals surface area contributed by atoms with E-state index < -0.39 is 24.1 Å². The Hall–Kier alpha value is -3.00. The van der Waals surface area contributed by atoms with Crippen LogP contribution in [0.1, 0.15) is 36.8 Å². The third-order valence-corrected chi connectivity index (χ3v) is 7.42. The Bertz CT molecular complexity index is 1030. The Balaban J connectivity index is 1.44. The molecule has 0 bridgehead atoms. The van der Waals surface area contributed by atoms with Gasteiger partial charge in [-0.3, -0.25) is 4.79 Å². The fourth-order valence-corrected chi connectivity index (χ4v) is 5.52. The number of thioether (sulfide) groups is 1. The summed E-state index contributed by atoms with van der Waals surface area (Å²) in [6.07, 6.45) is 2.29. The summed E-state index contributed by atoms with van der Waals surface area (Å²) in [7, 11) is 0. The smallest absolute Gasteiger partial charge is 0.407 e. The molecule has 2 N–H and O–H groups in total. The lowest BCUT2D eigenvalue weighted by molar-refractivity contribution is -0.150. The predicted octanol–water partition coefficient (Wildman–Crippen LogP) is 3.97. The number of rotatable bonds is 8. The van der Waals surface area contributed by atoms with Crippen LogP contribution in [0.3, 0.4) is 0 Å². The molecule has 1 saturated heterocycles. The van der Waals surface area contributed by atoms with Gasteiger partial charge in [-0.1, -0.05) is 55.5 Å². The van der Waals surface area contributed by atoms with E-state index in [1.807, 2.05) is 49.6 Å². The summed E-state index contributed by atoms with van der Waals surface area (Å²) in [5.74, 6) is -0.921. The van der Waals surface area contributed by atoms with Crippen molar-refractivity contribution < 1.29 is 24.2 Å². The van der Waals surface area contributed by atoms with E-state index in [9.17, 15) is 19.5 Å². The number of benzene rings is 2. The lowest BCUT2D eigenvalue weighted by atomic mass is 9.98. The highest BCUT2D eigenvalue weighted by Crippen LogP contribution is 2.44. The maximum Gasteiger partial charge on any atom is 0.407 e. The average Bonchev–Trinajstić information content (AvgIpc) is 3.38. The highest BCUT2D eigenvalue weighted by molar-refractivity contribution is 7.98. The number of carbonyl (C=O) groups is 3. The standard InChI is InChI=1S/C26H30N2O5S/c1-16-11-13-28(23(16)25(30)31)24(29)22(12-14-34-2)27-26(32)33-15-21-19-9-5-3-7-17(19)18-8-4-6-10-20(18)21/h3-10,16,21-23H,11-15H2,1-2H3,(H,27,32)(H,30,31)/t16?,22-,23?/m1/s1. The van der Waals surface area contributed by atoms with Crippen molar-refractivity contribution >= 4 is 29.7 Å². The number of carboxylic acid groups (broad SMARTS) is 1. The van der Waals surface area contributed by atoms with Gasteiger partial charge in [0.15, 0.2) is 0 Å². The van der Waals surface area contributed by atoms with E-state index >= 15 is 0 Å². The van der Waals surface area contributed by atoms with Crippen molar-refractivity contribution in [2.45, 2.75) is 37.8 Å². The summed E-state index contributed by atoms with van der Waals surface area (Å²) in [4.78, 5) is 39.1. The molecule has 180 valence electrons. The maximum absolute atomic E-state index is 13.2. The number of aliphatic carboxylic acids is 1. The van der Waals surface area contributed by atoms with Crippen LogP contribution < -0.4 is 5.32 Å². The Morgan fingerprint density at radius 2 is 1.74 bits per heavy atom. The Kier molecular flexibility index (Phi) is 7.46. The molecule has 2 aromatic carbocycles. The molecule has 0 radical (unpaired) electrons. The molecule has 1 aliphatic carbocycles. The summed E-state index contributed by atoms with van der Waals surface area (Å²) in [6, 6.07) is 14.5. The van der Waals surface area contributed by atoms with Gasteiger partial charge in [-0.15, -0.1) is 0 Å². The third kappa shape index (κ3) is 4.78. The summed E-state index contributed by atoms with van der Waals surface area (Å²) in [5.41, 5.74) is 4.51. The third-order valence-electron chi connectivity index (χ3n) is 6.78. The highest BCUT2D eigenvalue weighted by Gasteiger charge is 2.42. The van der Waals surface area contributed by atoms with E-state index in [0.29, 0.717) is 25.1 Å². The minimum Gasteiger partial charge on any atom is -0.480 e. The van der Waals surface area contributed by atoms with Crippen LogP contribution in [0.4, 0.5) is 4.79 Å². The van der Waals surface area contributed by atoms with Gasteiger partial charge in [0, 0.05) is 12.5 Å². The lowest BCUT2D eigenvalue weighted by Crippen LogP contribution is -2.52. The zero-order valence-corrected chi connectivity index (χ0v) is 20.2. The number of likely N-dealkylation sites (tertiary alicyclic amines) is 1. The van der Waals surface area contributed by atoms with Crippen LogP contribution in [0.5, 0.6) is 0 Å². The van der Waals surface area contributed by atoms with E-state index in [1.165, 1.54) is 4.90 Å². The first kappa shape index (κ1) is 24.1. The van der Waals surface area contributed by atoms with Gasteiger partial charge in [-0.25, -0.2) is 9.59 Å². The number of alkyl carbamates (subject to hydrolysis) is 1. The summed E-state index contributed by atoms with van der Waals surface area (Å²) in [6.45, 7) is 2.36.